The standard InChI is InChI=1S/C24H17FN2O3/c25-19-10-7-16(8-11-19)14-21(27-24(29)22-6-3-13-30-22)23(28)26-20-12-9-17-4-1-2-5-18(17)15-20/h1-15H,(H,26,28)(H,27,29)/b21-14+. The van der Waals surface area contributed by atoms with E-state index in [0.29, 0.717) is 11.3 Å². The highest BCUT2D eigenvalue weighted by Gasteiger charge is 2.17. The molecule has 0 bridgehead atoms. The van der Waals surface area contributed by atoms with Gasteiger partial charge in [-0.2, -0.15) is 0 Å². The second-order valence-corrected chi connectivity index (χ2v) is 6.56. The lowest BCUT2D eigenvalue weighted by molar-refractivity contribution is -0.113. The van der Waals surface area contributed by atoms with Crippen molar-refractivity contribution in [2.75, 3.05) is 5.32 Å². The number of carbonyl (C=O) groups excluding carboxylic acids is 2. The van der Waals surface area contributed by atoms with Gasteiger partial charge in [0.1, 0.15) is 11.5 Å². The number of hydrogen-bond acceptors (Lipinski definition) is 3. The number of anilines is 1. The number of benzene rings is 3. The van der Waals surface area contributed by atoms with Crippen LogP contribution in [0.4, 0.5) is 10.1 Å². The van der Waals surface area contributed by atoms with Crippen LogP contribution in [0.15, 0.2) is 95.2 Å². The van der Waals surface area contributed by atoms with Gasteiger partial charge in [-0.1, -0.05) is 42.5 Å². The van der Waals surface area contributed by atoms with Gasteiger partial charge in [0.25, 0.3) is 11.8 Å². The molecular formula is C24H17FN2O3. The van der Waals surface area contributed by atoms with Crippen molar-refractivity contribution in [3.05, 3.63) is 108 Å². The molecule has 30 heavy (non-hydrogen) atoms. The normalized spacial score (nSPS) is 11.3. The van der Waals surface area contributed by atoms with Crippen LogP contribution in [0.25, 0.3) is 16.8 Å². The molecule has 5 nitrogen and oxygen atoms in total. The number of amides is 2. The van der Waals surface area contributed by atoms with Gasteiger partial charge in [0.2, 0.25) is 0 Å². The minimum absolute atomic E-state index is 0.00355. The second kappa shape index (κ2) is 8.45. The number of rotatable bonds is 5. The van der Waals surface area contributed by atoms with E-state index in [0.717, 1.165) is 10.8 Å². The molecule has 0 aliphatic carbocycles. The molecule has 0 atom stereocenters. The molecule has 1 heterocycles. The summed E-state index contributed by atoms with van der Waals surface area (Å²) in [4.78, 5) is 25.3. The van der Waals surface area contributed by atoms with Gasteiger partial charge in [0.15, 0.2) is 5.76 Å². The fraction of sp³-hybridized carbons (Fsp3) is 0. The first-order chi connectivity index (χ1) is 14.6. The number of halogens is 1. The third kappa shape index (κ3) is 4.44. The van der Waals surface area contributed by atoms with E-state index >= 15 is 0 Å². The van der Waals surface area contributed by atoms with Crippen LogP contribution in [0.5, 0.6) is 0 Å². The average Bonchev–Trinajstić information content (AvgIpc) is 3.30. The Kier molecular flexibility index (Phi) is 5.39. The van der Waals surface area contributed by atoms with Crippen LogP contribution in [0, 0.1) is 5.82 Å². The summed E-state index contributed by atoms with van der Waals surface area (Å²) in [6.45, 7) is 0. The predicted octanol–water partition coefficient (Wildman–Crippen LogP) is 4.98. The van der Waals surface area contributed by atoms with E-state index in [9.17, 15) is 14.0 Å². The fourth-order valence-electron chi connectivity index (χ4n) is 2.94. The van der Waals surface area contributed by atoms with Crippen LogP contribution >= 0.6 is 0 Å². The average molecular weight is 400 g/mol. The number of nitrogens with one attached hydrogen (secondary N) is 2. The first-order valence-corrected chi connectivity index (χ1v) is 9.21. The van der Waals surface area contributed by atoms with Crippen LogP contribution < -0.4 is 10.6 Å². The molecule has 2 N–H and O–H groups in total. The predicted molar refractivity (Wildman–Crippen MR) is 113 cm³/mol. The summed E-state index contributed by atoms with van der Waals surface area (Å²) in [5.41, 5.74) is 1.13. The van der Waals surface area contributed by atoms with Crippen molar-refractivity contribution in [2.45, 2.75) is 0 Å². The van der Waals surface area contributed by atoms with Gasteiger partial charge < -0.3 is 15.1 Å². The molecular weight excluding hydrogens is 383 g/mol. The topological polar surface area (TPSA) is 71.3 Å². The lowest BCUT2D eigenvalue weighted by Crippen LogP contribution is -2.30. The molecule has 0 radical (unpaired) electrons. The molecule has 0 aliphatic rings. The second-order valence-electron chi connectivity index (χ2n) is 6.56. The summed E-state index contributed by atoms with van der Waals surface area (Å²) in [7, 11) is 0. The molecule has 148 valence electrons. The zero-order valence-electron chi connectivity index (χ0n) is 15.8. The van der Waals surface area contributed by atoms with Crippen LogP contribution in [-0.4, -0.2) is 11.8 Å². The molecule has 4 rings (SSSR count). The monoisotopic (exact) mass is 400 g/mol. The Bertz CT molecular complexity index is 1230. The maximum absolute atomic E-state index is 13.2. The summed E-state index contributed by atoms with van der Waals surface area (Å²) in [6.07, 6.45) is 2.84. The maximum atomic E-state index is 13.2. The van der Waals surface area contributed by atoms with E-state index in [1.165, 1.54) is 42.7 Å². The molecule has 0 saturated heterocycles. The molecule has 3 aromatic carbocycles. The van der Waals surface area contributed by atoms with Crippen LogP contribution in [-0.2, 0) is 4.79 Å². The highest BCUT2D eigenvalue weighted by Crippen LogP contribution is 2.19. The van der Waals surface area contributed by atoms with Gasteiger partial charge in [-0.3, -0.25) is 9.59 Å². The SMILES string of the molecule is O=C(Nc1ccc2ccccc2c1)/C(=C\c1ccc(F)cc1)NC(=O)c1ccco1. The Morgan fingerprint density at radius 1 is 0.867 bits per heavy atom. The van der Waals surface area contributed by atoms with E-state index in [1.807, 2.05) is 36.4 Å². The molecule has 0 aliphatic heterocycles. The lowest BCUT2D eigenvalue weighted by atomic mass is 10.1. The summed E-state index contributed by atoms with van der Waals surface area (Å²) < 4.78 is 18.3. The van der Waals surface area contributed by atoms with Crippen molar-refractivity contribution in [2.24, 2.45) is 0 Å². The highest BCUT2D eigenvalue weighted by molar-refractivity contribution is 6.10. The summed E-state index contributed by atoms with van der Waals surface area (Å²) in [5, 5.41) is 7.37. The summed E-state index contributed by atoms with van der Waals surface area (Å²) in [6, 6.07) is 21.9. The minimum atomic E-state index is -0.568. The third-order valence-corrected chi connectivity index (χ3v) is 4.43. The largest absolute Gasteiger partial charge is 0.459 e. The highest BCUT2D eigenvalue weighted by atomic mass is 19.1. The van der Waals surface area contributed by atoms with Gasteiger partial charge >= 0.3 is 0 Å². The van der Waals surface area contributed by atoms with Crippen LogP contribution in [0.3, 0.4) is 0 Å². The molecule has 0 spiro atoms. The van der Waals surface area contributed by atoms with Crippen molar-refractivity contribution < 1.29 is 18.4 Å². The zero-order valence-corrected chi connectivity index (χ0v) is 15.8. The quantitative estimate of drug-likeness (QED) is 0.464. The summed E-state index contributed by atoms with van der Waals surface area (Å²) in [5.74, 6) is -1.41. The molecule has 1 aromatic heterocycles. The molecule has 0 fully saturated rings. The Balaban J connectivity index is 1.62. The van der Waals surface area contributed by atoms with Gasteiger partial charge in [-0.05, 0) is 58.8 Å². The van der Waals surface area contributed by atoms with Gasteiger partial charge in [0, 0.05) is 5.69 Å². The van der Waals surface area contributed by atoms with Crippen molar-refractivity contribution >= 4 is 34.4 Å². The first kappa shape index (κ1) is 19.1. The Morgan fingerprint density at radius 3 is 2.37 bits per heavy atom. The summed E-state index contributed by atoms with van der Waals surface area (Å²) >= 11 is 0. The van der Waals surface area contributed by atoms with Crippen molar-refractivity contribution in [1.29, 1.82) is 0 Å². The third-order valence-electron chi connectivity index (χ3n) is 4.43. The van der Waals surface area contributed by atoms with Crippen LogP contribution in [0.1, 0.15) is 16.1 Å². The molecule has 0 unspecified atom stereocenters. The maximum Gasteiger partial charge on any atom is 0.291 e. The van der Waals surface area contributed by atoms with Crippen molar-refractivity contribution in [1.82, 2.24) is 5.32 Å². The fourth-order valence-corrected chi connectivity index (χ4v) is 2.94. The minimum Gasteiger partial charge on any atom is -0.459 e. The van der Waals surface area contributed by atoms with E-state index < -0.39 is 17.6 Å². The van der Waals surface area contributed by atoms with Crippen molar-refractivity contribution in [3.63, 3.8) is 0 Å². The Morgan fingerprint density at radius 2 is 1.63 bits per heavy atom. The smallest absolute Gasteiger partial charge is 0.291 e. The number of hydrogen-bond donors (Lipinski definition) is 2. The van der Waals surface area contributed by atoms with E-state index in [1.54, 1.807) is 12.1 Å². The molecule has 2 amide bonds. The van der Waals surface area contributed by atoms with Gasteiger partial charge in [-0.25, -0.2) is 4.39 Å². The van der Waals surface area contributed by atoms with Crippen LogP contribution in [0.2, 0.25) is 0 Å². The molecule has 0 saturated carbocycles. The zero-order chi connectivity index (χ0) is 20.9. The van der Waals surface area contributed by atoms with E-state index in [2.05, 4.69) is 10.6 Å². The lowest BCUT2D eigenvalue weighted by Gasteiger charge is -2.11. The Hall–Kier alpha value is -4.19. The number of fused-ring (bicyclic) bond motifs is 1. The van der Waals surface area contributed by atoms with Gasteiger partial charge in [-0.15, -0.1) is 0 Å². The molecule has 6 heteroatoms. The van der Waals surface area contributed by atoms with Gasteiger partial charge in [0.05, 0.1) is 6.26 Å². The van der Waals surface area contributed by atoms with E-state index in [4.69, 9.17) is 4.42 Å². The Labute approximate surface area is 171 Å². The number of furan rings is 1. The first-order valence-electron chi connectivity index (χ1n) is 9.21. The molecule has 4 aromatic rings. The van der Waals surface area contributed by atoms with Crippen molar-refractivity contribution in [3.8, 4) is 0 Å². The number of carbonyl (C=O) groups is 2. The van der Waals surface area contributed by atoms with E-state index in [-0.39, 0.29) is 11.5 Å².